The molecule has 3 aromatic rings. The molecule has 1 saturated heterocycles. The number of para-hydroxylation sites is 1. The van der Waals surface area contributed by atoms with Crippen molar-refractivity contribution in [3.8, 4) is 0 Å². The molecule has 148 valence electrons. The van der Waals surface area contributed by atoms with E-state index in [4.69, 9.17) is 16.1 Å². The number of nitrogens with zero attached hydrogens (tertiary/aromatic N) is 3. The van der Waals surface area contributed by atoms with Gasteiger partial charge in [-0.3, -0.25) is 4.90 Å². The maximum atomic E-state index is 13.4. The van der Waals surface area contributed by atoms with Crippen molar-refractivity contribution < 1.29 is 17.3 Å². The van der Waals surface area contributed by atoms with Crippen molar-refractivity contribution in [1.82, 2.24) is 14.4 Å². The summed E-state index contributed by atoms with van der Waals surface area (Å²) >= 11 is 5.76. The number of aromatic nitrogens is 1. The number of halogens is 2. The number of sulfonamides is 1. The van der Waals surface area contributed by atoms with E-state index in [0.717, 1.165) is 35.3 Å². The van der Waals surface area contributed by atoms with Gasteiger partial charge in [-0.15, -0.1) is 0 Å². The van der Waals surface area contributed by atoms with Gasteiger partial charge in [0.05, 0.1) is 9.92 Å². The zero-order chi connectivity index (χ0) is 19.7. The van der Waals surface area contributed by atoms with Gasteiger partial charge < -0.3 is 4.52 Å². The molecule has 28 heavy (non-hydrogen) atoms. The van der Waals surface area contributed by atoms with E-state index < -0.39 is 15.8 Å². The van der Waals surface area contributed by atoms with Gasteiger partial charge in [-0.25, -0.2) is 12.8 Å². The molecule has 0 radical (unpaired) electrons. The van der Waals surface area contributed by atoms with Crippen LogP contribution >= 0.6 is 11.6 Å². The van der Waals surface area contributed by atoms with Crippen molar-refractivity contribution in [2.45, 2.75) is 17.9 Å². The van der Waals surface area contributed by atoms with Crippen molar-refractivity contribution in [2.75, 3.05) is 26.2 Å². The minimum Gasteiger partial charge on any atom is -0.356 e. The predicted molar refractivity (Wildman–Crippen MR) is 104 cm³/mol. The molecule has 0 unspecified atom stereocenters. The van der Waals surface area contributed by atoms with E-state index in [0.29, 0.717) is 32.6 Å². The van der Waals surface area contributed by atoms with Gasteiger partial charge >= 0.3 is 0 Å². The summed E-state index contributed by atoms with van der Waals surface area (Å²) in [5.74, 6) is -0.637. The number of hydrogen-bond acceptors (Lipinski definition) is 5. The lowest BCUT2D eigenvalue weighted by Gasteiger charge is -2.21. The Labute approximate surface area is 167 Å². The van der Waals surface area contributed by atoms with Crippen LogP contribution in [-0.4, -0.2) is 49.0 Å². The SMILES string of the molecule is O=S(=O)(c1ccc(F)c(Cl)c1)N1CCCN(Cc2noc3ccccc23)CC1. The monoisotopic (exact) mass is 423 g/mol. The first-order chi connectivity index (χ1) is 13.4. The van der Waals surface area contributed by atoms with Crippen molar-refractivity contribution >= 4 is 32.6 Å². The molecule has 1 fully saturated rings. The van der Waals surface area contributed by atoms with E-state index in [1.807, 2.05) is 24.3 Å². The number of hydrogen-bond donors (Lipinski definition) is 0. The van der Waals surface area contributed by atoms with Crippen LogP contribution in [0.2, 0.25) is 5.02 Å². The van der Waals surface area contributed by atoms with Crippen LogP contribution in [0.5, 0.6) is 0 Å². The van der Waals surface area contributed by atoms with Gasteiger partial charge in [-0.05, 0) is 43.3 Å². The lowest BCUT2D eigenvalue weighted by molar-refractivity contribution is 0.270. The smallest absolute Gasteiger partial charge is 0.243 e. The average Bonchev–Trinajstić information content (AvgIpc) is 2.92. The number of fused-ring (bicyclic) bond motifs is 1. The zero-order valence-electron chi connectivity index (χ0n) is 15.0. The van der Waals surface area contributed by atoms with E-state index in [9.17, 15) is 12.8 Å². The molecule has 0 saturated carbocycles. The van der Waals surface area contributed by atoms with Gasteiger partial charge in [0, 0.05) is 31.6 Å². The van der Waals surface area contributed by atoms with Crippen LogP contribution in [0.25, 0.3) is 11.0 Å². The summed E-state index contributed by atoms with van der Waals surface area (Å²) in [5.41, 5.74) is 1.59. The lowest BCUT2D eigenvalue weighted by Crippen LogP contribution is -2.35. The fourth-order valence-electron chi connectivity index (χ4n) is 3.40. The van der Waals surface area contributed by atoms with Crippen LogP contribution in [-0.2, 0) is 16.6 Å². The van der Waals surface area contributed by atoms with E-state index in [-0.39, 0.29) is 9.92 Å². The highest BCUT2D eigenvalue weighted by molar-refractivity contribution is 7.89. The van der Waals surface area contributed by atoms with Gasteiger partial charge in [0.25, 0.3) is 0 Å². The fourth-order valence-corrected chi connectivity index (χ4v) is 5.14. The largest absolute Gasteiger partial charge is 0.356 e. The Morgan fingerprint density at radius 1 is 1.11 bits per heavy atom. The lowest BCUT2D eigenvalue weighted by atomic mass is 10.2. The Morgan fingerprint density at radius 3 is 2.75 bits per heavy atom. The van der Waals surface area contributed by atoms with Gasteiger partial charge in [0.15, 0.2) is 5.58 Å². The van der Waals surface area contributed by atoms with E-state index in [1.165, 1.54) is 10.4 Å². The molecule has 0 aliphatic carbocycles. The molecule has 1 aliphatic heterocycles. The van der Waals surface area contributed by atoms with E-state index in [1.54, 1.807) is 0 Å². The molecule has 9 heteroatoms. The summed E-state index contributed by atoms with van der Waals surface area (Å²) in [5, 5.41) is 4.93. The van der Waals surface area contributed by atoms with Crippen molar-refractivity contribution in [1.29, 1.82) is 0 Å². The zero-order valence-corrected chi connectivity index (χ0v) is 16.6. The van der Waals surface area contributed by atoms with Crippen LogP contribution in [0.15, 0.2) is 51.9 Å². The first kappa shape index (κ1) is 19.3. The highest BCUT2D eigenvalue weighted by Gasteiger charge is 2.28. The Morgan fingerprint density at radius 2 is 1.93 bits per heavy atom. The molecule has 1 aromatic heterocycles. The fraction of sp³-hybridized carbons (Fsp3) is 0.316. The van der Waals surface area contributed by atoms with E-state index >= 15 is 0 Å². The summed E-state index contributed by atoms with van der Waals surface area (Å²) in [7, 11) is -3.72. The normalized spacial score (nSPS) is 17.1. The molecule has 0 N–H and O–H groups in total. The second-order valence-electron chi connectivity index (χ2n) is 6.74. The van der Waals surface area contributed by atoms with Gasteiger partial charge in [0.2, 0.25) is 10.0 Å². The molecule has 0 amide bonds. The Bertz CT molecular complexity index is 1100. The first-order valence-corrected chi connectivity index (χ1v) is 10.8. The predicted octanol–water partition coefficient (Wildman–Crippen LogP) is 3.52. The molecule has 0 atom stereocenters. The minimum atomic E-state index is -3.72. The van der Waals surface area contributed by atoms with Crippen molar-refractivity contribution in [3.05, 3.63) is 59.0 Å². The summed E-state index contributed by atoms with van der Waals surface area (Å²) in [6.45, 7) is 2.64. The second-order valence-corrected chi connectivity index (χ2v) is 9.08. The number of rotatable bonds is 4. The topological polar surface area (TPSA) is 66.7 Å². The minimum absolute atomic E-state index is 0.00912. The maximum Gasteiger partial charge on any atom is 0.243 e. The maximum absolute atomic E-state index is 13.4. The summed E-state index contributed by atoms with van der Waals surface area (Å²) in [4.78, 5) is 2.17. The van der Waals surface area contributed by atoms with E-state index in [2.05, 4.69) is 10.1 Å². The highest BCUT2D eigenvalue weighted by atomic mass is 35.5. The third kappa shape index (κ3) is 3.77. The third-order valence-corrected chi connectivity index (χ3v) is 7.09. The highest BCUT2D eigenvalue weighted by Crippen LogP contribution is 2.24. The van der Waals surface area contributed by atoms with Crippen LogP contribution in [0.1, 0.15) is 12.1 Å². The third-order valence-electron chi connectivity index (χ3n) is 4.90. The molecule has 2 heterocycles. The van der Waals surface area contributed by atoms with Crippen LogP contribution < -0.4 is 0 Å². The standard InChI is InChI=1S/C19H19ClFN3O3S/c20-16-12-14(6-7-17(16)21)28(25,26)24-9-3-8-23(10-11-24)13-18-15-4-1-2-5-19(15)27-22-18/h1-2,4-7,12H,3,8-11,13H2. The van der Waals surface area contributed by atoms with Gasteiger partial charge in [0.1, 0.15) is 11.5 Å². The summed E-state index contributed by atoms with van der Waals surface area (Å²) < 4.78 is 46.0. The molecule has 0 spiro atoms. The van der Waals surface area contributed by atoms with Gasteiger partial charge in [-0.1, -0.05) is 28.9 Å². The Kier molecular flexibility index (Phi) is 5.37. The second kappa shape index (κ2) is 7.79. The Hall–Kier alpha value is -2.00. The Balaban J connectivity index is 1.48. The molecule has 0 bridgehead atoms. The quantitative estimate of drug-likeness (QED) is 0.642. The van der Waals surface area contributed by atoms with Crippen molar-refractivity contribution in [3.63, 3.8) is 0 Å². The molecule has 6 nitrogen and oxygen atoms in total. The molecular formula is C19H19ClFN3O3S. The summed E-state index contributed by atoms with van der Waals surface area (Å²) in [6, 6.07) is 11.2. The van der Waals surface area contributed by atoms with Crippen LogP contribution in [0.4, 0.5) is 4.39 Å². The molecule has 4 rings (SSSR count). The average molecular weight is 424 g/mol. The number of benzene rings is 2. The molecular weight excluding hydrogens is 405 g/mol. The van der Waals surface area contributed by atoms with Gasteiger partial charge in [-0.2, -0.15) is 4.31 Å². The molecule has 2 aromatic carbocycles. The summed E-state index contributed by atoms with van der Waals surface area (Å²) in [6.07, 6.45) is 0.684. The van der Waals surface area contributed by atoms with Crippen LogP contribution in [0, 0.1) is 5.82 Å². The molecule has 1 aliphatic rings. The van der Waals surface area contributed by atoms with Crippen LogP contribution in [0.3, 0.4) is 0 Å². The first-order valence-electron chi connectivity index (χ1n) is 8.96. The van der Waals surface area contributed by atoms with Crippen molar-refractivity contribution in [2.24, 2.45) is 0 Å².